The molecule has 2 atom stereocenters. The van der Waals surface area contributed by atoms with Crippen molar-refractivity contribution in [2.24, 2.45) is 0 Å². The predicted molar refractivity (Wildman–Crippen MR) is 130 cm³/mol. The van der Waals surface area contributed by atoms with Crippen molar-refractivity contribution < 1.29 is 29.0 Å². The van der Waals surface area contributed by atoms with E-state index < -0.39 is 42.2 Å². The average molecular weight is 480 g/mol. The third-order valence-corrected chi connectivity index (χ3v) is 6.17. The summed E-state index contributed by atoms with van der Waals surface area (Å²) in [6.45, 7) is 5.44. The first-order valence-corrected chi connectivity index (χ1v) is 11.1. The van der Waals surface area contributed by atoms with Crippen molar-refractivity contribution in [2.45, 2.75) is 39.3 Å². The minimum absolute atomic E-state index is 0.417. The number of aliphatic carboxylic acids is 1. The van der Waals surface area contributed by atoms with Gasteiger partial charge in [-0.15, -0.1) is 0 Å². The fraction of sp³-hybridized carbons (Fsp3) is 0.308. The third kappa shape index (κ3) is 5.51. The molecule has 0 fully saturated rings. The Morgan fingerprint density at radius 1 is 1.11 bits per heavy atom. The first-order chi connectivity index (χ1) is 16.5. The number of amides is 3. The summed E-state index contributed by atoms with van der Waals surface area (Å²) in [5.41, 5.74) is 4.61. The van der Waals surface area contributed by atoms with Crippen LogP contribution in [0.5, 0.6) is 5.75 Å². The maximum absolute atomic E-state index is 12.8. The minimum Gasteiger partial charge on any atom is -0.497 e. The Hall–Kier alpha value is -4.14. The lowest BCUT2D eigenvalue weighted by molar-refractivity contribution is -0.138. The average Bonchev–Trinajstić information content (AvgIpc) is 2.80. The summed E-state index contributed by atoms with van der Waals surface area (Å²) in [4.78, 5) is 50.6. The molecule has 1 aliphatic rings. The molecular weight excluding hydrogens is 450 g/mol. The Labute approximate surface area is 203 Å². The fourth-order valence-corrected chi connectivity index (χ4v) is 4.10. The number of carbonyl (C=O) groups excluding carboxylic acids is 3. The zero-order valence-electron chi connectivity index (χ0n) is 20.3. The van der Waals surface area contributed by atoms with Gasteiger partial charge in [0.15, 0.2) is 11.8 Å². The van der Waals surface area contributed by atoms with E-state index in [4.69, 9.17) is 4.74 Å². The number of ether oxygens (including phenoxy) is 1. The molecule has 3 rings (SSSR count). The molecule has 0 bridgehead atoms. The van der Waals surface area contributed by atoms with Crippen molar-refractivity contribution in [3.63, 3.8) is 0 Å². The number of nitrogens with one attached hydrogen (secondary N) is 2. The maximum Gasteiger partial charge on any atom is 0.316 e. The number of allylic oxidation sites excluding steroid dienone is 1. The van der Waals surface area contributed by atoms with Gasteiger partial charge in [0.05, 0.1) is 19.6 Å². The largest absolute Gasteiger partial charge is 0.497 e. The highest BCUT2D eigenvalue weighted by Gasteiger charge is 2.35. The van der Waals surface area contributed by atoms with Crippen LogP contribution in [0.1, 0.15) is 36.1 Å². The van der Waals surface area contributed by atoms with Gasteiger partial charge in [-0.2, -0.15) is 0 Å². The van der Waals surface area contributed by atoms with Gasteiger partial charge in [-0.25, -0.2) is 4.79 Å². The summed E-state index contributed by atoms with van der Waals surface area (Å²) < 4.78 is 5.47. The van der Waals surface area contributed by atoms with Crippen molar-refractivity contribution in [1.82, 2.24) is 15.5 Å². The van der Waals surface area contributed by atoms with Crippen LogP contribution in [0.2, 0.25) is 0 Å². The van der Waals surface area contributed by atoms with E-state index in [0.29, 0.717) is 17.0 Å². The van der Waals surface area contributed by atoms with E-state index in [1.54, 1.807) is 13.0 Å². The number of urea groups is 1. The lowest BCUT2D eigenvalue weighted by atomic mass is 9.89. The number of hydrogen-bond donors (Lipinski definition) is 3. The fourth-order valence-electron chi connectivity index (χ4n) is 4.10. The van der Waals surface area contributed by atoms with Gasteiger partial charge in [0, 0.05) is 18.8 Å². The summed E-state index contributed by atoms with van der Waals surface area (Å²) >= 11 is 0. The lowest BCUT2D eigenvalue weighted by Crippen LogP contribution is -2.56. The molecule has 2 aromatic rings. The van der Waals surface area contributed by atoms with Gasteiger partial charge in [0.2, 0.25) is 0 Å². The van der Waals surface area contributed by atoms with Crippen molar-refractivity contribution >= 4 is 23.7 Å². The molecule has 0 saturated carbocycles. The van der Waals surface area contributed by atoms with Gasteiger partial charge in [-0.3, -0.25) is 14.4 Å². The first-order valence-electron chi connectivity index (χ1n) is 11.1. The maximum atomic E-state index is 12.8. The highest BCUT2D eigenvalue weighted by molar-refractivity contribution is 6.15. The van der Waals surface area contributed by atoms with Crippen molar-refractivity contribution in [1.29, 1.82) is 0 Å². The van der Waals surface area contributed by atoms with E-state index >= 15 is 0 Å². The second kappa shape index (κ2) is 10.4. The number of rotatable bonds is 7. The van der Waals surface area contributed by atoms with Gasteiger partial charge in [-0.1, -0.05) is 24.3 Å². The topological polar surface area (TPSA) is 125 Å². The van der Waals surface area contributed by atoms with Gasteiger partial charge in [0.25, 0.3) is 5.91 Å². The molecule has 0 aromatic heterocycles. The van der Waals surface area contributed by atoms with Crippen LogP contribution in [-0.4, -0.2) is 53.9 Å². The second-order valence-corrected chi connectivity index (χ2v) is 8.49. The zero-order valence-corrected chi connectivity index (χ0v) is 20.3. The van der Waals surface area contributed by atoms with E-state index in [2.05, 4.69) is 10.6 Å². The number of carbonyl (C=O) groups is 4. The van der Waals surface area contributed by atoms with E-state index in [9.17, 15) is 24.3 Å². The molecule has 1 heterocycles. The quantitative estimate of drug-likeness (QED) is 0.524. The van der Waals surface area contributed by atoms with E-state index in [-0.39, 0.29) is 0 Å². The Kier molecular flexibility index (Phi) is 7.58. The molecule has 0 saturated heterocycles. The molecule has 1 aliphatic heterocycles. The highest BCUT2D eigenvalue weighted by atomic mass is 16.5. The van der Waals surface area contributed by atoms with Crippen LogP contribution in [0, 0.1) is 13.8 Å². The van der Waals surface area contributed by atoms with Crippen molar-refractivity contribution in [2.75, 3.05) is 14.2 Å². The highest BCUT2D eigenvalue weighted by Crippen LogP contribution is 2.35. The number of hydrogen-bond acceptors (Lipinski definition) is 5. The minimum atomic E-state index is -1.39. The summed E-state index contributed by atoms with van der Waals surface area (Å²) in [5.74, 6) is -1.74. The van der Waals surface area contributed by atoms with Gasteiger partial charge in [0.1, 0.15) is 5.75 Å². The smallest absolute Gasteiger partial charge is 0.316 e. The summed E-state index contributed by atoms with van der Waals surface area (Å²) in [6.07, 6.45) is 0.863. The third-order valence-electron chi connectivity index (χ3n) is 6.17. The summed E-state index contributed by atoms with van der Waals surface area (Å²) in [7, 11) is 3.02. The van der Waals surface area contributed by atoms with E-state index in [1.165, 1.54) is 25.1 Å². The summed E-state index contributed by atoms with van der Waals surface area (Å²) in [6, 6.07) is 8.15. The first kappa shape index (κ1) is 25.5. The Bertz CT molecular complexity index is 1220. The van der Waals surface area contributed by atoms with Crippen LogP contribution in [0.4, 0.5) is 4.79 Å². The molecule has 3 N–H and O–H groups in total. The number of carboxylic acids is 1. The molecule has 3 amide bonds. The molecular formula is C26H29N3O6. The molecule has 35 heavy (non-hydrogen) atoms. The molecule has 0 radical (unpaired) electrons. The van der Waals surface area contributed by atoms with E-state index in [0.717, 1.165) is 22.3 Å². The predicted octanol–water partition coefficient (Wildman–Crippen LogP) is 3.11. The molecule has 0 spiro atoms. The number of nitrogens with zero attached hydrogens (tertiary/aromatic N) is 1. The van der Waals surface area contributed by atoms with Gasteiger partial charge >= 0.3 is 12.0 Å². The SMILES string of the molecule is COc1cc(-c2ccccc2C)c(C)c([C@H](CC(=O)O)NC(=O)NC2C(=O)C=C(C)N(C)C2=O)c1. The number of aryl methyl sites for hydroxylation is 1. The van der Waals surface area contributed by atoms with Crippen LogP contribution >= 0.6 is 0 Å². The second-order valence-electron chi connectivity index (χ2n) is 8.49. The van der Waals surface area contributed by atoms with Crippen LogP contribution in [0.3, 0.4) is 0 Å². The van der Waals surface area contributed by atoms with Gasteiger partial charge < -0.3 is 25.4 Å². The number of benzene rings is 2. The Morgan fingerprint density at radius 2 is 1.80 bits per heavy atom. The number of methoxy groups -OCH3 is 1. The van der Waals surface area contributed by atoms with Crippen LogP contribution in [0.15, 0.2) is 48.2 Å². The van der Waals surface area contributed by atoms with E-state index in [1.807, 2.05) is 44.2 Å². The molecule has 2 aromatic carbocycles. The van der Waals surface area contributed by atoms with Crippen LogP contribution < -0.4 is 15.4 Å². The standard InChI is InChI=1S/C26H29N3O6/c1-14-8-6-7-9-18(14)19-11-17(35-5)12-20(16(19)3)21(13-23(31)32)27-26(34)28-24-22(30)10-15(2)29(4)25(24)33/h6-12,21,24H,13H2,1-5H3,(H,31,32)(H2,27,28,34)/t21-,24?/m0/s1. The van der Waals surface area contributed by atoms with Gasteiger partial charge in [-0.05, 0) is 60.7 Å². The van der Waals surface area contributed by atoms with Crippen LogP contribution in [0.25, 0.3) is 11.1 Å². The number of ketones is 1. The molecule has 9 heteroatoms. The lowest BCUT2D eigenvalue weighted by Gasteiger charge is -2.29. The summed E-state index contributed by atoms with van der Waals surface area (Å²) in [5, 5.41) is 14.6. The molecule has 9 nitrogen and oxygen atoms in total. The van der Waals surface area contributed by atoms with Crippen molar-refractivity contribution in [3.05, 3.63) is 64.9 Å². The number of carboxylic acid groups (broad SMARTS) is 1. The number of likely N-dealkylation sites (N-methyl/N-ethyl adjacent to an activating group) is 1. The van der Waals surface area contributed by atoms with Crippen LogP contribution in [-0.2, 0) is 14.4 Å². The monoisotopic (exact) mass is 479 g/mol. The molecule has 0 aliphatic carbocycles. The molecule has 184 valence electrons. The van der Waals surface area contributed by atoms with Crippen molar-refractivity contribution in [3.8, 4) is 16.9 Å². The normalized spacial score (nSPS) is 16.4. The Balaban J connectivity index is 1.96. The molecule has 1 unspecified atom stereocenters. The zero-order chi connectivity index (χ0) is 25.9. The Morgan fingerprint density at radius 3 is 2.43 bits per heavy atom.